The number of nitrogens with one attached hydrogen (secondary N) is 1. The van der Waals surface area contributed by atoms with Crippen LogP contribution in [0, 0.1) is 6.92 Å². The molecule has 3 aromatic rings. The first-order valence-electron chi connectivity index (χ1n) is 9.98. The number of nitrogens with zero attached hydrogens (tertiary/aromatic N) is 1. The number of ether oxygens (including phenoxy) is 3. The molecule has 6 nitrogen and oxygen atoms in total. The van der Waals surface area contributed by atoms with E-state index in [1.165, 1.54) is 18.9 Å². The Morgan fingerprint density at radius 3 is 2.47 bits per heavy atom. The van der Waals surface area contributed by atoms with Gasteiger partial charge in [0.1, 0.15) is 6.61 Å². The smallest absolute Gasteiger partial charge is 0.273 e. The Bertz CT molecular complexity index is 1070. The molecule has 3 aromatic carbocycles. The van der Waals surface area contributed by atoms with E-state index in [9.17, 15) is 4.79 Å². The maximum atomic E-state index is 12.4. The largest absolute Gasteiger partial charge is 0.493 e. The lowest BCUT2D eigenvalue weighted by molar-refractivity contribution is -0.131. The van der Waals surface area contributed by atoms with Crippen molar-refractivity contribution in [2.24, 2.45) is 5.10 Å². The van der Waals surface area contributed by atoms with Gasteiger partial charge in [0.15, 0.2) is 17.6 Å². The molecule has 0 spiro atoms. The second-order valence-corrected chi connectivity index (χ2v) is 7.92. The molecule has 0 saturated carbocycles. The van der Waals surface area contributed by atoms with Gasteiger partial charge in [-0.1, -0.05) is 60.2 Å². The molecule has 0 unspecified atom stereocenters. The quantitative estimate of drug-likeness (QED) is 0.327. The number of carbonyl (C=O) groups is 1. The summed E-state index contributed by atoms with van der Waals surface area (Å²) < 4.78 is 17.5. The first-order valence-corrected chi connectivity index (χ1v) is 10.8. The number of benzene rings is 3. The molecule has 0 bridgehead atoms. The molecule has 3 rings (SSSR count). The van der Waals surface area contributed by atoms with Crippen molar-refractivity contribution in [1.29, 1.82) is 0 Å². The molecule has 0 aliphatic rings. The first-order chi connectivity index (χ1) is 15.5. The number of hydrogen-bond acceptors (Lipinski definition) is 5. The second-order valence-electron chi connectivity index (χ2n) is 7.07. The van der Waals surface area contributed by atoms with E-state index in [0.717, 1.165) is 21.2 Å². The predicted octanol–water partition coefficient (Wildman–Crippen LogP) is 5.18. The van der Waals surface area contributed by atoms with Gasteiger partial charge in [-0.3, -0.25) is 4.79 Å². The number of hydrogen-bond donors (Lipinski definition) is 1. The zero-order valence-corrected chi connectivity index (χ0v) is 19.8. The topological polar surface area (TPSA) is 69.2 Å². The lowest BCUT2D eigenvalue weighted by atomic mass is 10.1. The highest BCUT2D eigenvalue weighted by atomic mass is 79.9. The Kier molecular flexibility index (Phi) is 8.41. The van der Waals surface area contributed by atoms with E-state index in [4.69, 9.17) is 14.2 Å². The Labute approximate surface area is 196 Å². The first kappa shape index (κ1) is 23.5. The third kappa shape index (κ3) is 6.18. The van der Waals surface area contributed by atoms with E-state index in [1.54, 1.807) is 13.2 Å². The van der Waals surface area contributed by atoms with Gasteiger partial charge in [-0.2, -0.15) is 5.10 Å². The lowest BCUT2D eigenvalue weighted by Gasteiger charge is -2.14. The van der Waals surface area contributed by atoms with Crippen LogP contribution in [0.2, 0.25) is 0 Å². The molecule has 1 atom stereocenters. The maximum absolute atomic E-state index is 12.4. The number of aryl methyl sites for hydroxylation is 1. The van der Waals surface area contributed by atoms with Crippen LogP contribution in [0.15, 0.2) is 76.3 Å². The van der Waals surface area contributed by atoms with Gasteiger partial charge in [-0.15, -0.1) is 0 Å². The van der Waals surface area contributed by atoms with Crippen molar-refractivity contribution < 1.29 is 19.0 Å². The molecule has 0 fully saturated rings. The fourth-order valence-corrected chi connectivity index (χ4v) is 3.62. The van der Waals surface area contributed by atoms with Gasteiger partial charge < -0.3 is 14.2 Å². The third-order valence-electron chi connectivity index (χ3n) is 4.72. The summed E-state index contributed by atoms with van der Waals surface area (Å²) in [5, 5.41) is 4.06. The number of rotatable bonds is 9. The molecule has 0 radical (unpaired) electrons. The van der Waals surface area contributed by atoms with Gasteiger partial charge in [0.25, 0.3) is 5.91 Å². The number of hydrazone groups is 1. The summed E-state index contributed by atoms with van der Waals surface area (Å²) in [7, 11) is 3.06. The van der Waals surface area contributed by atoms with Gasteiger partial charge in [0.2, 0.25) is 0 Å². The fraction of sp³-hybridized carbons (Fsp3) is 0.200. The van der Waals surface area contributed by atoms with Crippen LogP contribution in [0.4, 0.5) is 0 Å². The van der Waals surface area contributed by atoms with Gasteiger partial charge >= 0.3 is 0 Å². The Morgan fingerprint density at radius 1 is 1.09 bits per heavy atom. The third-order valence-corrected chi connectivity index (χ3v) is 5.31. The Balaban J connectivity index is 1.67. The molecule has 1 amide bonds. The number of methoxy groups -OCH3 is 2. The van der Waals surface area contributed by atoms with Crippen molar-refractivity contribution >= 4 is 28.1 Å². The number of halogens is 1. The molecular weight excluding hydrogens is 472 g/mol. The molecule has 0 saturated heterocycles. The summed E-state index contributed by atoms with van der Waals surface area (Å²) in [5.74, 6) is 0.787. The highest BCUT2D eigenvalue weighted by Gasteiger charge is 2.19. The second kappa shape index (κ2) is 11.5. The van der Waals surface area contributed by atoms with Crippen molar-refractivity contribution in [3.8, 4) is 11.5 Å². The van der Waals surface area contributed by atoms with Crippen molar-refractivity contribution in [1.82, 2.24) is 5.43 Å². The lowest BCUT2D eigenvalue weighted by Crippen LogP contribution is -2.26. The standard InChI is InChI=1S/C25H25BrN2O4/c1-17-9-11-18(12-10-17)16-32-24-21(26)13-19(14-22(24)30-2)15-27-28-25(29)23(31-3)20-7-5-4-6-8-20/h4-15,23H,16H2,1-3H3,(H,28,29)/b27-15-/t23-/m0/s1. The van der Waals surface area contributed by atoms with E-state index in [1.807, 2.05) is 67.6 Å². The van der Waals surface area contributed by atoms with Crippen LogP contribution in [0.25, 0.3) is 0 Å². The molecular formula is C25H25BrN2O4. The van der Waals surface area contributed by atoms with E-state index in [2.05, 4.69) is 26.5 Å². The molecule has 0 aliphatic heterocycles. The van der Waals surface area contributed by atoms with Crippen molar-refractivity contribution in [3.63, 3.8) is 0 Å². The number of carbonyl (C=O) groups excluding carboxylic acids is 1. The molecule has 32 heavy (non-hydrogen) atoms. The minimum Gasteiger partial charge on any atom is -0.493 e. The Morgan fingerprint density at radius 2 is 1.81 bits per heavy atom. The summed E-state index contributed by atoms with van der Waals surface area (Å²) in [6.07, 6.45) is 0.791. The van der Waals surface area contributed by atoms with E-state index >= 15 is 0 Å². The van der Waals surface area contributed by atoms with Gasteiger partial charge in [0, 0.05) is 7.11 Å². The average Bonchev–Trinajstić information content (AvgIpc) is 2.80. The molecule has 7 heteroatoms. The normalized spacial score (nSPS) is 11.9. The Hall–Kier alpha value is -3.16. The SMILES string of the molecule is COc1cc(/C=N\NC(=O)[C@@H](OC)c2ccccc2)cc(Br)c1OCc1ccc(C)cc1. The van der Waals surface area contributed by atoms with Crippen LogP contribution in [0.1, 0.15) is 28.4 Å². The summed E-state index contributed by atoms with van der Waals surface area (Å²) in [5.41, 5.74) is 6.26. The van der Waals surface area contributed by atoms with E-state index < -0.39 is 6.10 Å². The van der Waals surface area contributed by atoms with Crippen LogP contribution in [-0.2, 0) is 16.1 Å². The van der Waals surface area contributed by atoms with Crippen molar-refractivity contribution in [2.75, 3.05) is 14.2 Å². The van der Waals surface area contributed by atoms with Gasteiger partial charge in [-0.25, -0.2) is 5.43 Å². The van der Waals surface area contributed by atoms with Crippen LogP contribution in [0.3, 0.4) is 0 Å². The molecule has 166 valence electrons. The van der Waals surface area contributed by atoms with Crippen molar-refractivity contribution in [2.45, 2.75) is 19.6 Å². The highest BCUT2D eigenvalue weighted by Crippen LogP contribution is 2.36. The maximum Gasteiger partial charge on any atom is 0.273 e. The van der Waals surface area contributed by atoms with Crippen molar-refractivity contribution in [3.05, 3.63) is 93.5 Å². The van der Waals surface area contributed by atoms with Crippen LogP contribution < -0.4 is 14.9 Å². The zero-order chi connectivity index (χ0) is 22.9. The van der Waals surface area contributed by atoms with Gasteiger partial charge in [-0.05, 0) is 51.7 Å². The number of amides is 1. The average molecular weight is 497 g/mol. The van der Waals surface area contributed by atoms with Crippen LogP contribution in [-0.4, -0.2) is 26.3 Å². The minimum absolute atomic E-state index is 0.362. The summed E-state index contributed by atoms with van der Waals surface area (Å²) in [6.45, 7) is 2.46. The predicted molar refractivity (Wildman–Crippen MR) is 128 cm³/mol. The minimum atomic E-state index is -0.743. The molecule has 1 N–H and O–H groups in total. The zero-order valence-electron chi connectivity index (χ0n) is 18.2. The summed E-state index contributed by atoms with van der Waals surface area (Å²) in [4.78, 5) is 12.4. The monoisotopic (exact) mass is 496 g/mol. The molecule has 0 heterocycles. The van der Waals surface area contributed by atoms with E-state index in [0.29, 0.717) is 18.1 Å². The highest BCUT2D eigenvalue weighted by molar-refractivity contribution is 9.10. The van der Waals surface area contributed by atoms with E-state index in [-0.39, 0.29) is 5.91 Å². The molecule has 0 aliphatic carbocycles. The fourth-order valence-electron chi connectivity index (χ4n) is 3.05. The molecule has 0 aromatic heterocycles. The summed E-state index contributed by atoms with van der Waals surface area (Å²) in [6, 6.07) is 21.0. The van der Waals surface area contributed by atoms with Gasteiger partial charge in [0.05, 0.1) is 17.8 Å². The van der Waals surface area contributed by atoms with Crippen LogP contribution in [0.5, 0.6) is 11.5 Å². The summed E-state index contributed by atoms with van der Waals surface area (Å²) >= 11 is 3.54. The van der Waals surface area contributed by atoms with Crippen LogP contribution >= 0.6 is 15.9 Å².